The molecule has 0 saturated carbocycles. The van der Waals surface area contributed by atoms with Crippen LogP contribution >= 0.6 is 24.0 Å². The van der Waals surface area contributed by atoms with Crippen LogP contribution in [0.5, 0.6) is 0 Å². The van der Waals surface area contributed by atoms with Crippen molar-refractivity contribution in [2.45, 2.75) is 59.5 Å². The first-order chi connectivity index (χ1) is 11.5. The molecular weight excluding hydrogens is 429 g/mol. The smallest absolute Gasteiger partial charge is 0.214 e. The molecule has 1 aromatic rings. The van der Waals surface area contributed by atoms with E-state index in [4.69, 9.17) is 4.42 Å². The zero-order valence-electron chi connectivity index (χ0n) is 16.3. The molecule has 1 unspecified atom stereocenters. The topological polar surface area (TPSA) is 65.7 Å². The third-order valence-corrected chi connectivity index (χ3v) is 4.61. The van der Waals surface area contributed by atoms with Gasteiger partial charge in [0.2, 0.25) is 5.89 Å². The van der Waals surface area contributed by atoms with Crippen LogP contribution in [0.1, 0.15) is 50.5 Å². The predicted molar refractivity (Wildman–Crippen MR) is 114 cm³/mol. The lowest BCUT2D eigenvalue weighted by molar-refractivity contribution is 0.213. The number of nitrogens with zero attached hydrogens (tertiary/aromatic N) is 3. The van der Waals surface area contributed by atoms with E-state index in [0.717, 1.165) is 24.0 Å². The monoisotopic (exact) mass is 463 g/mol. The van der Waals surface area contributed by atoms with Crippen LogP contribution in [0.2, 0.25) is 0 Å². The molecule has 0 aliphatic carbocycles. The Balaban J connectivity index is 0.00000312. The molecular formula is C18H34IN5O. The van der Waals surface area contributed by atoms with Crippen molar-refractivity contribution in [3.8, 4) is 0 Å². The number of oxazole rings is 1. The summed E-state index contributed by atoms with van der Waals surface area (Å²) in [5.74, 6) is 3.08. The zero-order valence-corrected chi connectivity index (χ0v) is 18.6. The first-order valence-corrected chi connectivity index (χ1v) is 9.11. The Bertz CT molecular complexity index is 518. The van der Waals surface area contributed by atoms with Crippen LogP contribution in [-0.4, -0.2) is 48.6 Å². The average Bonchev–Trinajstić information content (AvgIpc) is 3.16. The second-order valence-corrected chi connectivity index (χ2v) is 7.08. The molecule has 1 saturated heterocycles. The van der Waals surface area contributed by atoms with E-state index in [1.165, 1.54) is 32.4 Å². The maximum atomic E-state index is 5.60. The van der Waals surface area contributed by atoms with Gasteiger partial charge in [0, 0.05) is 19.6 Å². The highest BCUT2D eigenvalue weighted by atomic mass is 127. The summed E-state index contributed by atoms with van der Waals surface area (Å²) in [5, 5.41) is 6.76. The molecule has 0 spiro atoms. The number of rotatable bonds is 7. The molecule has 0 radical (unpaired) electrons. The molecule has 1 atom stereocenters. The summed E-state index contributed by atoms with van der Waals surface area (Å²) in [5.41, 5.74) is 0.945. The summed E-state index contributed by atoms with van der Waals surface area (Å²) < 4.78 is 5.60. The first-order valence-electron chi connectivity index (χ1n) is 9.11. The first kappa shape index (κ1) is 22.2. The van der Waals surface area contributed by atoms with Gasteiger partial charge in [0.05, 0.1) is 12.2 Å². The number of guanidine groups is 1. The summed E-state index contributed by atoms with van der Waals surface area (Å²) in [6, 6.07) is 0.567. The summed E-state index contributed by atoms with van der Waals surface area (Å²) in [4.78, 5) is 11.3. The molecule has 0 aromatic carbocycles. The van der Waals surface area contributed by atoms with Gasteiger partial charge < -0.3 is 15.1 Å². The van der Waals surface area contributed by atoms with E-state index >= 15 is 0 Å². The maximum absolute atomic E-state index is 5.60. The van der Waals surface area contributed by atoms with Gasteiger partial charge in [0.1, 0.15) is 5.76 Å². The van der Waals surface area contributed by atoms with E-state index in [1.807, 2.05) is 13.8 Å². The lowest BCUT2D eigenvalue weighted by Gasteiger charge is -2.29. The van der Waals surface area contributed by atoms with E-state index in [2.05, 4.69) is 39.4 Å². The average molecular weight is 463 g/mol. The van der Waals surface area contributed by atoms with Gasteiger partial charge in [-0.25, -0.2) is 4.98 Å². The van der Waals surface area contributed by atoms with Crippen molar-refractivity contribution < 1.29 is 4.42 Å². The molecule has 7 heteroatoms. The van der Waals surface area contributed by atoms with Crippen molar-refractivity contribution in [2.24, 2.45) is 10.9 Å². The van der Waals surface area contributed by atoms with Crippen LogP contribution in [-0.2, 0) is 6.54 Å². The Morgan fingerprint density at radius 1 is 1.24 bits per heavy atom. The van der Waals surface area contributed by atoms with Gasteiger partial charge in [-0.2, -0.15) is 0 Å². The van der Waals surface area contributed by atoms with Gasteiger partial charge in [-0.3, -0.25) is 9.89 Å². The summed E-state index contributed by atoms with van der Waals surface area (Å²) in [6.07, 6.45) is 3.86. The summed E-state index contributed by atoms with van der Waals surface area (Å²) in [7, 11) is 1.80. The minimum Gasteiger partial charge on any atom is -0.444 e. The maximum Gasteiger partial charge on any atom is 0.214 e. The normalized spacial score (nSPS) is 16.8. The molecule has 144 valence electrons. The fourth-order valence-electron chi connectivity index (χ4n) is 3.22. The van der Waals surface area contributed by atoms with E-state index < -0.39 is 0 Å². The third kappa shape index (κ3) is 7.13. The summed E-state index contributed by atoms with van der Waals surface area (Å²) >= 11 is 0. The molecule has 25 heavy (non-hydrogen) atoms. The Morgan fingerprint density at radius 2 is 1.92 bits per heavy atom. The van der Waals surface area contributed by atoms with Gasteiger partial charge in [-0.15, -0.1) is 24.0 Å². The molecule has 1 aliphatic heterocycles. The Kier molecular flexibility index (Phi) is 9.78. The Labute approximate surface area is 169 Å². The van der Waals surface area contributed by atoms with Crippen molar-refractivity contribution >= 4 is 29.9 Å². The van der Waals surface area contributed by atoms with Crippen LogP contribution in [0.3, 0.4) is 0 Å². The van der Waals surface area contributed by atoms with Gasteiger partial charge in [-0.1, -0.05) is 13.8 Å². The van der Waals surface area contributed by atoms with Crippen molar-refractivity contribution in [3.05, 3.63) is 17.3 Å². The lowest BCUT2D eigenvalue weighted by Crippen LogP contribution is -2.46. The zero-order chi connectivity index (χ0) is 17.5. The molecule has 6 nitrogen and oxygen atoms in total. The van der Waals surface area contributed by atoms with Crippen molar-refractivity contribution in [1.82, 2.24) is 20.5 Å². The van der Waals surface area contributed by atoms with Gasteiger partial charge in [0.25, 0.3) is 0 Å². The lowest BCUT2D eigenvalue weighted by atomic mass is 10.0. The van der Waals surface area contributed by atoms with E-state index in [0.29, 0.717) is 24.4 Å². The second-order valence-electron chi connectivity index (χ2n) is 7.08. The number of likely N-dealkylation sites (tertiary alicyclic amines) is 1. The molecule has 2 N–H and O–H groups in total. The molecule has 1 aliphatic rings. The quantitative estimate of drug-likeness (QED) is 0.370. The highest BCUT2D eigenvalue weighted by molar-refractivity contribution is 14.0. The van der Waals surface area contributed by atoms with Crippen molar-refractivity contribution in [3.63, 3.8) is 0 Å². The van der Waals surface area contributed by atoms with Crippen LogP contribution < -0.4 is 10.6 Å². The fraction of sp³-hybridized carbons (Fsp3) is 0.778. The SMILES string of the molecule is CN=C(NCc1nc(C)c(C)o1)NCC(CC(C)C)N1CCCC1.I. The number of halogens is 1. The van der Waals surface area contributed by atoms with Gasteiger partial charge in [0.15, 0.2) is 5.96 Å². The Morgan fingerprint density at radius 3 is 2.44 bits per heavy atom. The molecule has 2 heterocycles. The van der Waals surface area contributed by atoms with E-state index in [1.54, 1.807) is 7.05 Å². The van der Waals surface area contributed by atoms with Crippen LogP contribution in [0.4, 0.5) is 0 Å². The van der Waals surface area contributed by atoms with Crippen LogP contribution in [0.15, 0.2) is 9.41 Å². The minimum atomic E-state index is 0. The second kappa shape index (κ2) is 11.0. The van der Waals surface area contributed by atoms with Crippen LogP contribution in [0, 0.1) is 19.8 Å². The number of hydrogen-bond donors (Lipinski definition) is 2. The molecule has 1 fully saturated rings. The van der Waals surface area contributed by atoms with E-state index in [-0.39, 0.29) is 24.0 Å². The predicted octanol–water partition coefficient (Wildman–Crippen LogP) is 3.08. The fourth-order valence-corrected chi connectivity index (χ4v) is 3.22. The third-order valence-electron chi connectivity index (χ3n) is 4.61. The number of aliphatic imine (C=N–C) groups is 1. The number of aryl methyl sites for hydroxylation is 2. The summed E-state index contributed by atoms with van der Waals surface area (Å²) in [6.45, 7) is 12.4. The number of nitrogens with one attached hydrogen (secondary N) is 2. The Hall–Kier alpha value is -0.830. The molecule has 0 amide bonds. The van der Waals surface area contributed by atoms with E-state index in [9.17, 15) is 0 Å². The van der Waals surface area contributed by atoms with Gasteiger partial charge in [-0.05, 0) is 52.1 Å². The highest BCUT2D eigenvalue weighted by Gasteiger charge is 2.22. The molecule has 1 aromatic heterocycles. The van der Waals surface area contributed by atoms with Crippen molar-refractivity contribution in [1.29, 1.82) is 0 Å². The number of hydrogen-bond acceptors (Lipinski definition) is 4. The molecule has 0 bridgehead atoms. The van der Waals surface area contributed by atoms with Crippen LogP contribution in [0.25, 0.3) is 0 Å². The molecule has 2 rings (SSSR count). The minimum absolute atomic E-state index is 0. The van der Waals surface area contributed by atoms with Crippen molar-refractivity contribution in [2.75, 3.05) is 26.7 Å². The van der Waals surface area contributed by atoms with Gasteiger partial charge >= 0.3 is 0 Å². The highest BCUT2D eigenvalue weighted by Crippen LogP contribution is 2.17. The largest absolute Gasteiger partial charge is 0.444 e. The standard InChI is InChI=1S/C18H33N5O.HI/c1-13(2)10-16(23-8-6-7-9-23)11-20-18(19-5)21-12-17-22-14(3)15(4)24-17;/h13,16H,6-12H2,1-5H3,(H2,19,20,21);1H. The number of aromatic nitrogens is 1.